The number of nitrogens with zero attached hydrogens (tertiary/aromatic N) is 4. The van der Waals surface area contributed by atoms with E-state index in [0.29, 0.717) is 16.3 Å². The molecule has 0 aliphatic heterocycles. The van der Waals surface area contributed by atoms with E-state index in [9.17, 15) is 14.4 Å². The third kappa shape index (κ3) is 12.8. The second-order valence-electron chi connectivity index (χ2n) is 7.19. The van der Waals surface area contributed by atoms with Crippen LogP contribution in [0, 0.1) is 6.92 Å². The van der Waals surface area contributed by atoms with E-state index in [1.54, 1.807) is 79.8 Å². The first-order valence-electron chi connectivity index (χ1n) is 10.3. The van der Waals surface area contributed by atoms with Crippen LogP contribution in [0.2, 0.25) is 0 Å². The Balaban J connectivity index is 0.00000101. The molecule has 1 heterocycles. The van der Waals surface area contributed by atoms with Gasteiger partial charge in [0.2, 0.25) is 0 Å². The standard InChI is InChI=1S/C21H18N2O2S.C3H3N2.C2H6OS.2Cu/c1-14-10-15(12-22-17-6-2-4-8-19(17)24)21(26)16(11-14)13-23-18-7-3-5-9-20(18)25;1-2-4-5-3-1;1-4(2)3;;/h2-13,24-26H,1H3;1-3H;1-2H3;;/q;-1;;2*+2/p-3. The van der Waals surface area contributed by atoms with Crippen molar-refractivity contribution in [3.8, 4) is 11.5 Å². The van der Waals surface area contributed by atoms with Gasteiger partial charge in [-0.1, -0.05) is 66.1 Å². The molecule has 4 rings (SSSR count). The van der Waals surface area contributed by atoms with E-state index >= 15 is 0 Å². The maximum Gasteiger partial charge on any atom is 2.00 e. The van der Waals surface area contributed by atoms with Crippen molar-refractivity contribution in [1.29, 1.82) is 0 Å². The molecule has 2 radical (unpaired) electrons. The molecule has 0 aliphatic carbocycles. The first-order valence-corrected chi connectivity index (χ1v) is 12.7. The van der Waals surface area contributed by atoms with Crippen LogP contribution < -0.4 is 15.3 Å². The van der Waals surface area contributed by atoms with Gasteiger partial charge >= 0.3 is 34.1 Å². The van der Waals surface area contributed by atoms with E-state index in [1.807, 2.05) is 19.1 Å². The summed E-state index contributed by atoms with van der Waals surface area (Å²) in [5, 5.41) is 30.5. The summed E-state index contributed by atoms with van der Waals surface area (Å²) in [5.74, 6) is -0.285. The zero-order chi connectivity index (χ0) is 25.6. The molecule has 0 amide bonds. The average molecular weight is 632 g/mol. The fraction of sp³-hybridized carbons (Fsp3) is 0.115. The summed E-state index contributed by atoms with van der Waals surface area (Å²) in [7, 11) is -0.611. The zero-order valence-electron chi connectivity index (χ0n) is 20.1. The molecule has 4 aromatic rings. The van der Waals surface area contributed by atoms with Crippen molar-refractivity contribution in [2.24, 2.45) is 9.98 Å². The molecule has 0 aliphatic rings. The molecule has 0 bridgehead atoms. The predicted octanol–water partition coefficient (Wildman–Crippen LogP) is 3.58. The van der Waals surface area contributed by atoms with Crippen molar-refractivity contribution in [2.45, 2.75) is 11.8 Å². The van der Waals surface area contributed by atoms with Gasteiger partial charge < -0.3 is 33.0 Å². The first kappa shape index (κ1) is 34.2. The molecular formula is C26H24Cu2N4O3S2. The van der Waals surface area contributed by atoms with E-state index in [2.05, 4.69) is 20.2 Å². The van der Waals surface area contributed by atoms with E-state index in [4.69, 9.17) is 12.6 Å². The molecule has 7 nitrogen and oxygen atoms in total. The number of aryl methyl sites for hydroxylation is 1. The topological polar surface area (TPSA) is 115 Å². The van der Waals surface area contributed by atoms with Gasteiger partial charge in [0.25, 0.3) is 0 Å². The summed E-state index contributed by atoms with van der Waals surface area (Å²) in [5.41, 5.74) is 3.14. The van der Waals surface area contributed by atoms with Crippen molar-refractivity contribution in [3.63, 3.8) is 0 Å². The monoisotopic (exact) mass is 630 g/mol. The maximum atomic E-state index is 11.8. The Morgan fingerprint density at radius 2 is 1.30 bits per heavy atom. The molecule has 0 spiro atoms. The van der Waals surface area contributed by atoms with Gasteiger partial charge in [0.05, 0.1) is 11.4 Å². The molecule has 200 valence electrons. The van der Waals surface area contributed by atoms with Crippen LogP contribution in [0.1, 0.15) is 16.7 Å². The van der Waals surface area contributed by atoms with Crippen LogP contribution in [0.15, 0.2) is 94.0 Å². The Morgan fingerprint density at radius 1 is 0.865 bits per heavy atom. The molecule has 1 aromatic heterocycles. The smallest absolute Gasteiger partial charge is 0.871 e. The molecule has 3 aromatic carbocycles. The van der Waals surface area contributed by atoms with Crippen LogP contribution >= 0.6 is 0 Å². The number of benzene rings is 3. The van der Waals surface area contributed by atoms with E-state index in [1.165, 1.54) is 12.1 Å². The normalized spacial score (nSPS) is 10.1. The van der Waals surface area contributed by atoms with Crippen LogP contribution in [0.3, 0.4) is 0 Å². The number of rotatable bonds is 4. The van der Waals surface area contributed by atoms with Crippen molar-refractivity contribution in [3.05, 3.63) is 95.8 Å². The summed E-state index contributed by atoms with van der Waals surface area (Å²) in [4.78, 5) is 9.07. The van der Waals surface area contributed by atoms with Gasteiger partial charge in [-0.15, -0.1) is 0 Å². The summed E-state index contributed by atoms with van der Waals surface area (Å²) >= 11 is 5.51. The SMILES string of the molecule is CS(C)=O.Cc1cc(C=Nc2ccccc2[O-])c([S-])c(C=Nc2ccccc2[O-])c1.[Cu+2].[Cu+2].c1cn[n-]c1. The fourth-order valence-electron chi connectivity index (χ4n) is 2.62. The fourth-order valence-corrected chi connectivity index (χ4v) is 2.84. The van der Waals surface area contributed by atoms with E-state index in [-0.39, 0.29) is 45.6 Å². The molecular weight excluding hydrogens is 608 g/mol. The summed E-state index contributed by atoms with van der Waals surface area (Å²) in [6.07, 6.45) is 9.73. The third-order valence-corrected chi connectivity index (χ3v) is 4.55. The minimum atomic E-state index is -0.611. The summed E-state index contributed by atoms with van der Waals surface area (Å²) in [6, 6.07) is 18.7. The molecule has 0 saturated heterocycles. The van der Waals surface area contributed by atoms with Gasteiger partial charge in [-0.2, -0.15) is 11.1 Å². The number of aliphatic imine (C=N–C) groups is 2. The molecule has 0 fully saturated rings. The minimum Gasteiger partial charge on any atom is -0.871 e. The average Bonchev–Trinajstić information content (AvgIpc) is 3.40. The Morgan fingerprint density at radius 3 is 1.62 bits per heavy atom. The quantitative estimate of drug-likeness (QED) is 0.193. The molecule has 0 saturated carbocycles. The second-order valence-corrected chi connectivity index (χ2v) is 9.08. The van der Waals surface area contributed by atoms with Crippen LogP contribution in [-0.4, -0.2) is 34.2 Å². The van der Waals surface area contributed by atoms with Crippen molar-refractivity contribution >= 4 is 47.2 Å². The molecule has 0 atom stereocenters. The number of hydrogen-bond donors (Lipinski definition) is 0. The van der Waals surface area contributed by atoms with Crippen molar-refractivity contribution in [2.75, 3.05) is 12.5 Å². The van der Waals surface area contributed by atoms with Crippen molar-refractivity contribution < 1.29 is 48.6 Å². The van der Waals surface area contributed by atoms with Gasteiger partial charge in [0.1, 0.15) is 0 Å². The van der Waals surface area contributed by atoms with Crippen LogP contribution in [0.5, 0.6) is 11.5 Å². The minimum absolute atomic E-state index is 0. The van der Waals surface area contributed by atoms with E-state index < -0.39 is 10.8 Å². The van der Waals surface area contributed by atoms with Crippen LogP contribution in [0.25, 0.3) is 0 Å². The van der Waals surface area contributed by atoms with Gasteiger partial charge in [-0.3, -0.25) is 14.2 Å². The second kappa shape index (κ2) is 18.5. The molecule has 0 N–H and O–H groups in total. The predicted molar refractivity (Wildman–Crippen MR) is 141 cm³/mol. The zero-order valence-corrected chi connectivity index (χ0v) is 23.6. The first-order chi connectivity index (χ1) is 16.8. The molecule has 0 unspecified atom stereocenters. The van der Waals surface area contributed by atoms with Gasteiger partial charge in [-0.25, -0.2) is 0 Å². The summed E-state index contributed by atoms with van der Waals surface area (Å²) < 4.78 is 9.56. The van der Waals surface area contributed by atoms with E-state index in [0.717, 1.165) is 16.7 Å². The Hall–Kier alpha value is -2.78. The largest absolute Gasteiger partial charge is 2.00 e. The van der Waals surface area contributed by atoms with Gasteiger partial charge in [0.15, 0.2) is 0 Å². The Bertz CT molecular complexity index is 1200. The number of hydrogen-bond acceptors (Lipinski definition) is 7. The van der Waals surface area contributed by atoms with Gasteiger partial charge in [0, 0.05) is 41.9 Å². The number of aromatic nitrogens is 2. The summed E-state index contributed by atoms with van der Waals surface area (Å²) in [6.45, 7) is 1.94. The van der Waals surface area contributed by atoms with Crippen molar-refractivity contribution in [1.82, 2.24) is 10.2 Å². The Kier molecular flexibility index (Phi) is 17.1. The molecule has 37 heavy (non-hydrogen) atoms. The number of para-hydroxylation sites is 4. The molecule has 11 heteroatoms. The van der Waals surface area contributed by atoms with Crippen LogP contribution in [-0.2, 0) is 57.6 Å². The van der Waals surface area contributed by atoms with Crippen LogP contribution in [0.4, 0.5) is 11.4 Å². The van der Waals surface area contributed by atoms with Gasteiger partial charge in [-0.05, 0) is 35.7 Å². The third-order valence-electron chi connectivity index (χ3n) is 4.08. The maximum absolute atomic E-state index is 11.8. The Labute approximate surface area is 246 Å².